The van der Waals surface area contributed by atoms with Crippen LogP contribution in [-0.2, 0) is 6.42 Å². The van der Waals surface area contributed by atoms with Crippen molar-refractivity contribution in [3.63, 3.8) is 0 Å². The van der Waals surface area contributed by atoms with Crippen molar-refractivity contribution in [1.82, 2.24) is 0 Å². The van der Waals surface area contributed by atoms with Crippen molar-refractivity contribution in [3.05, 3.63) is 54.1 Å². The van der Waals surface area contributed by atoms with Crippen LogP contribution in [-0.4, -0.2) is 17.8 Å². The number of aryl methyl sites for hydroxylation is 1. The highest BCUT2D eigenvalue weighted by Gasteiger charge is 2.10. The van der Waals surface area contributed by atoms with Crippen molar-refractivity contribution in [2.45, 2.75) is 12.8 Å². The van der Waals surface area contributed by atoms with Crippen LogP contribution in [0.3, 0.4) is 0 Å². The van der Waals surface area contributed by atoms with E-state index in [-0.39, 0.29) is 6.61 Å². The zero-order chi connectivity index (χ0) is 14.4. The average Bonchev–Trinajstić information content (AvgIpc) is 2.45. The van der Waals surface area contributed by atoms with Gasteiger partial charge in [-0.3, -0.25) is 0 Å². The predicted molar refractivity (Wildman–Crippen MR) is 77.5 cm³/mol. The number of ether oxygens (including phenoxy) is 1. The molecule has 0 aliphatic heterocycles. The topological polar surface area (TPSA) is 72.6 Å². The number of hydrogen-bond donors (Lipinski definition) is 2. The normalized spacial score (nSPS) is 10.2. The molecule has 0 aromatic heterocycles. The standard InChI is InChI=1S/C16H17NO3/c17-16(19)20-15-11-12(5-4-10-18)8-9-14(15)13-6-2-1-3-7-13/h1-3,6-9,11,18H,4-5,10H2,(H2,17,19). The van der Waals surface area contributed by atoms with Gasteiger partial charge in [0.1, 0.15) is 5.75 Å². The molecule has 0 bridgehead atoms. The fourth-order valence-corrected chi connectivity index (χ4v) is 2.05. The van der Waals surface area contributed by atoms with Crippen molar-refractivity contribution in [2.75, 3.05) is 6.61 Å². The van der Waals surface area contributed by atoms with Crippen LogP contribution >= 0.6 is 0 Å². The minimum absolute atomic E-state index is 0.131. The van der Waals surface area contributed by atoms with Gasteiger partial charge in [0.25, 0.3) is 0 Å². The van der Waals surface area contributed by atoms with Crippen LogP contribution in [0.5, 0.6) is 5.75 Å². The third-order valence-electron chi connectivity index (χ3n) is 2.96. The monoisotopic (exact) mass is 271 g/mol. The molecule has 2 rings (SSSR count). The molecule has 104 valence electrons. The van der Waals surface area contributed by atoms with Crippen molar-refractivity contribution in [1.29, 1.82) is 0 Å². The molecule has 0 spiro atoms. The highest BCUT2D eigenvalue weighted by atomic mass is 16.5. The van der Waals surface area contributed by atoms with Crippen LogP contribution in [0.4, 0.5) is 4.79 Å². The number of aliphatic hydroxyl groups is 1. The van der Waals surface area contributed by atoms with E-state index in [1.807, 2.05) is 42.5 Å². The van der Waals surface area contributed by atoms with E-state index in [1.165, 1.54) is 0 Å². The molecular formula is C16H17NO3. The third-order valence-corrected chi connectivity index (χ3v) is 2.96. The maximum absolute atomic E-state index is 11.0. The molecule has 2 aromatic rings. The second-order valence-corrected chi connectivity index (χ2v) is 4.44. The lowest BCUT2D eigenvalue weighted by atomic mass is 10.0. The molecule has 0 saturated carbocycles. The fraction of sp³-hybridized carbons (Fsp3) is 0.188. The Labute approximate surface area is 117 Å². The first-order valence-corrected chi connectivity index (χ1v) is 6.47. The average molecular weight is 271 g/mol. The highest BCUT2D eigenvalue weighted by Crippen LogP contribution is 2.31. The van der Waals surface area contributed by atoms with Gasteiger partial charge in [-0.25, -0.2) is 4.79 Å². The Morgan fingerprint density at radius 1 is 1.15 bits per heavy atom. The molecule has 0 radical (unpaired) electrons. The molecule has 4 heteroatoms. The van der Waals surface area contributed by atoms with E-state index in [0.717, 1.165) is 23.1 Å². The Kier molecular flexibility index (Phi) is 4.74. The molecule has 0 saturated heterocycles. The summed E-state index contributed by atoms with van der Waals surface area (Å²) < 4.78 is 5.10. The fourth-order valence-electron chi connectivity index (χ4n) is 2.05. The van der Waals surface area contributed by atoms with Crippen molar-refractivity contribution >= 4 is 6.09 Å². The van der Waals surface area contributed by atoms with Gasteiger partial charge >= 0.3 is 6.09 Å². The van der Waals surface area contributed by atoms with Crippen molar-refractivity contribution < 1.29 is 14.6 Å². The second kappa shape index (κ2) is 6.73. The Balaban J connectivity index is 2.37. The predicted octanol–water partition coefficient (Wildman–Crippen LogP) is 2.74. The van der Waals surface area contributed by atoms with Crippen LogP contribution < -0.4 is 10.5 Å². The molecule has 0 fully saturated rings. The Hall–Kier alpha value is -2.33. The number of amides is 1. The molecule has 0 aliphatic carbocycles. The number of carbonyl (C=O) groups excluding carboxylic acids is 1. The molecule has 0 aliphatic rings. The van der Waals surface area contributed by atoms with Gasteiger partial charge in [0.05, 0.1) is 0 Å². The van der Waals surface area contributed by atoms with Crippen molar-refractivity contribution in [3.8, 4) is 16.9 Å². The van der Waals surface area contributed by atoms with Gasteiger partial charge in [-0.05, 0) is 30.0 Å². The number of carbonyl (C=O) groups is 1. The molecule has 0 heterocycles. The van der Waals surface area contributed by atoms with Gasteiger partial charge in [0.2, 0.25) is 0 Å². The van der Waals surface area contributed by atoms with Crippen LogP contribution in [0.25, 0.3) is 11.1 Å². The minimum Gasteiger partial charge on any atom is -0.410 e. The number of nitrogens with two attached hydrogens (primary N) is 1. The molecule has 2 aromatic carbocycles. The summed E-state index contributed by atoms with van der Waals surface area (Å²) in [5, 5.41) is 8.87. The first-order valence-electron chi connectivity index (χ1n) is 6.47. The van der Waals surface area contributed by atoms with Gasteiger partial charge in [-0.2, -0.15) is 0 Å². The van der Waals surface area contributed by atoms with E-state index in [0.29, 0.717) is 12.2 Å². The number of primary amides is 1. The van der Waals surface area contributed by atoms with Gasteiger partial charge in [0, 0.05) is 12.2 Å². The Morgan fingerprint density at radius 2 is 1.90 bits per heavy atom. The maximum atomic E-state index is 11.0. The summed E-state index contributed by atoms with van der Waals surface area (Å²) >= 11 is 0. The van der Waals surface area contributed by atoms with Gasteiger partial charge < -0.3 is 15.6 Å². The van der Waals surface area contributed by atoms with Crippen LogP contribution in [0, 0.1) is 0 Å². The number of aliphatic hydroxyl groups excluding tert-OH is 1. The van der Waals surface area contributed by atoms with Crippen LogP contribution in [0.1, 0.15) is 12.0 Å². The largest absolute Gasteiger partial charge is 0.410 e. The summed E-state index contributed by atoms with van der Waals surface area (Å²) in [7, 11) is 0. The zero-order valence-electron chi connectivity index (χ0n) is 11.1. The molecule has 0 atom stereocenters. The Morgan fingerprint density at radius 3 is 2.55 bits per heavy atom. The summed E-state index contributed by atoms with van der Waals surface area (Å²) in [6, 6.07) is 15.3. The molecule has 1 amide bonds. The Bertz CT molecular complexity index is 582. The number of hydrogen-bond acceptors (Lipinski definition) is 3. The maximum Gasteiger partial charge on any atom is 0.409 e. The minimum atomic E-state index is -0.832. The van der Waals surface area contributed by atoms with Crippen LogP contribution in [0.2, 0.25) is 0 Å². The molecular weight excluding hydrogens is 254 g/mol. The van der Waals surface area contributed by atoms with E-state index >= 15 is 0 Å². The first-order chi connectivity index (χ1) is 9.70. The molecule has 4 nitrogen and oxygen atoms in total. The quantitative estimate of drug-likeness (QED) is 0.878. The van der Waals surface area contributed by atoms with Gasteiger partial charge in [-0.15, -0.1) is 0 Å². The number of benzene rings is 2. The summed E-state index contributed by atoms with van der Waals surface area (Å²) in [5.74, 6) is 0.444. The van der Waals surface area contributed by atoms with E-state index in [9.17, 15) is 4.79 Å². The summed E-state index contributed by atoms with van der Waals surface area (Å²) in [6.45, 7) is 0.131. The third kappa shape index (κ3) is 3.59. The van der Waals surface area contributed by atoms with Gasteiger partial charge in [-0.1, -0.05) is 42.5 Å². The summed E-state index contributed by atoms with van der Waals surface area (Å²) in [6.07, 6.45) is 0.558. The lowest BCUT2D eigenvalue weighted by molar-refractivity contribution is 0.211. The van der Waals surface area contributed by atoms with Crippen molar-refractivity contribution in [2.24, 2.45) is 5.73 Å². The van der Waals surface area contributed by atoms with E-state index in [1.54, 1.807) is 6.07 Å². The second-order valence-electron chi connectivity index (χ2n) is 4.44. The first kappa shape index (κ1) is 14.1. The smallest absolute Gasteiger partial charge is 0.409 e. The van der Waals surface area contributed by atoms with E-state index in [2.05, 4.69) is 0 Å². The van der Waals surface area contributed by atoms with Crippen LogP contribution in [0.15, 0.2) is 48.5 Å². The lowest BCUT2D eigenvalue weighted by Gasteiger charge is -2.11. The number of rotatable bonds is 5. The SMILES string of the molecule is NC(=O)Oc1cc(CCCO)ccc1-c1ccccc1. The van der Waals surface area contributed by atoms with E-state index < -0.39 is 6.09 Å². The van der Waals surface area contributed by atoms with Gasteiger partial charge in [0.15, 0.2) is 0 Å². The summed E-state index contributed by atoms with van der Waals surface area (Å²) in [5.41, 5.74) is 7.89. The molecule has 3 N–H and O–H groups in total. The molecule has 0 unspecified atom stereocenters. The zero-order valence-corrected chi connectivity index (χ0v) is 11.1. The summed E-state index contributed by atoms with van der Waals surface area (Å²) in [4.78, 5) is 11.0. The molecule has 20 heavy (non-hydrogen) atoms. The lowest BCUT2D eigenvalue weighted by Crippen LogP contribution is -2.16. The van der Waals surface area contributed by atoms with E-state index in [4.69, 9.17) is 15.6 Å². The highest BCUT2D eigenvalue weighted by molar-refractivity contribution is 5.76.